The number of nitrogens with one attached hydrogen (secondary N) is 1. The van der Waals surface area contributed by atoms with Crippen LogP contribution >= 0.6 is 0 Å². The molecule has 0 radical (unpaired) electrons. The smallest absolute Gasteiger partial charge is 0.213 e. The van der Waals surface area contributed by atoms with E-state index in [1.54, 1.807) is 7.11 Å². The number of anilines is 1. The van der Waals surface area contributed by atoms with Gasteiger partial charge in [0.25, 0.3) is 0 Å². The quantitative estimate of drug-likeness (QED) is 0.890. The predicted octanol–water partition coefficient (Wildman–Crippen LogP) is 4.11. The van der Waals surface area contributed by atoms with Crippen LogP contribution in [0.25, 0.3) is 0 Å². The van der Waals surface area contributed by atoms with Crippen molar-refractivity contribution in [3.63, 3.8) is 0 Å². The van der Waals surface area contributed by atoms with Crippen LogP contribution in [0.3, 0.4) is 0 Å². The van der Waals surface area contributed by atoms with Gasteiger partial charge in [-0.1, -0.05) is 33.6 Å². The maximum absolute atomic E-state index is 5.10. The molecule has 1 aromatic rings. The van der Waals surface area contributed by atoms with Gasteiger partial charge >= 0.3 is 0 Å². The van der Waals surface area contributed by atoms with Gasteiger partial charge < -0.3 is 10.1 Å². The SMILES string of the molecule is COc1ccc(NC2CCCCC2C(C)(C)C)cn1. The zero-order chi connectivity index (χ0) is 13.9. The number of aromatic nitrogens is 1. The van der Waals surface area contributed by atoms with E-state index in [9.17, 15) is 0 Å². The predicted molar refractivity (Wildman–Crippen MR) is 79.6 cm³/mol. The zero-order valence-electron chi connectivity index (χ0n) is 12.6. The summed E-state index contributed by atoms with van der Waals surface area (Å²) >= 11 is 0. The Kier molecular flexibility index (Phi) is 4.33. The average molecular weight is 262 g/mol. The summed E-state index contributed by atoms with van der Waals surface area (Å²) in [7, 11) is 1.65. The topological polar surface area (TPSA) is 34.1 Å². The van der Waals surface area contributed by atoms with Gasteiger partial charge in [-0.3, -0.25) is 0 Å². The summed E-state index contributed by atoms with van der Waals surface area (Å²) in [5, 5.41) is 3.67. The Morgan fingerprint density at radius 3 is 2.53 bits per heavy atom. The molecular formula is C16H26N2O. The molecule has 0 spiro atoms. The molecule has 1 aliphatic rings. The maximum Gasteiger partial charge on any atom is 0.213 e. The molecule has 2 atom stereocenters. The molecule has 0 aliphatic heterocycles. The number of hydrogen-bond donors (Lipinski definition) is 1. The number of nitrogens with zero attached hydrogens (tertiary/aromatic N) is 1. The van der Waals surface area contributed by atoms with Crippen LogP contribution in [0.4, 0.5) is 5.69 Å². The maximum atomic E-state index is 5.10. The van der Waals surface area contributed by atoms with Crippen LogP contribution in [-0.4, -0.2) is 18.1 Å². The van der Waals surface area contributed by atoms with Crippen molar-refractivity contribution < 1.29 is 4.74 Å². The Bertz CT molecular complexity index is 394. The van der Waals surface area contributed by atoms with Gasteiger partial charge in [0.1, 0.15) is 0 Å². The highest BCUT2D eigenvalue weighted by Gasteiger charge is 2.33. The minimum absolute atomic E-state index is 0.359. The Morgan fingerprint density at radius 1 is 1.21 bits per heavy atom. The van der Waals surface area contributed by atoms with Gasteiger partial charge in [0.15, 0.2) is 0 Å². The first-order valence-corrected chi connectivity index (χ1v) is 7.27. The zero-order valence-corrected chi connectivity index (χ0v) is 12.6. The minimum Gasteiger partial charge on any atom is -0.481 e. The van der Waals surface area contributed by atoms with Crippen molar-refractivity contribution in [2.45, 2.75) is 52.5 Å². The molecule has 1 heterocycles. The largest absolute Gasteiger partial charge is 0.481 e. The van der Waals surface area contributed by atoms with Gasteiger partial charge in [-0.05, 0) is 30.2 Å². The van der Waals surface area contributed by atoms with E-state index >= 15 is 0 Å². The van der Waals surface area contributed by atoms with Crippen LogP contribution in [0.5, 0.6) is 5.88 Å². The number of ether oxygens (including phenoxy) is 1. The van der Waals surface area contributed by atoms with Crippen molar-refractivity contribution in [2.24, 2.45) is 11.3 Å². The minimum atomic E-state index is 0.359. The summed E-state index contributed by atoms with van der Waals surface area (Å²) in [6.07, 6.45) is 7.14. The lowest BCUT2D eigenvalue weighted by atomic mass is 9.69. The summed E-state index contributed by atoms with van der Waals surface area (Å²) in [5.74, 6) is 1.39. The monoisotopic (exact) mass is 262 g/mol. The van der Waals surface area contributed by atoms with Gasteiger partial charge in [-0.2, -0.15) is 0 Å². The number of methoxy groups -OCH3 is 1. The Balaban J connectivity index is 2.06. The summed E-state index contributed by atoms with van der Waals surface area (Å²) in [4.78, 5) is 4.27. The Hall–Kier alpha value is -1.25. The first-order valence-electron chi connectivity index (χ1n) is 7.27. The molecule has 3 heteroatoms. The molecule has 0 aromatic carbocycles. The van der Waals surface area contributed by atoms with Gasteiger partial charge in [0, 0.05) is 12.1 Å². The van der Waals surface area contributed by atoms with Crippen molar-refractivity contribution in [3.8, 4) is 5.88 Å². The van der Waals surface area contributed by atoms with Gasteiger partial charge in [-0.25, -0.2) is 4.98 Å². The summed E-state index contributed by atoms with van der Waals surface area (Å²) < 4.78 is 5.10. The van der Waals surface area contributed by atoms with Crippen molar-refractivity contribution in [1.29, 1.82) is 0 Å². The molecule has 2 rings (SSSR count). The molecule has 1 aliphatic carbocycles. The Labute approximate surface area is 116 Å². The average Bonchev–Trinajstić information content (AvgIpc) is 2.39. The molecule has 0 amide bonds. The van der Waals surface area contributed by atoms with Crippen LogP contribution in [0.2, 0.25) is 0 Å². The van der Waals surface area contributed by atoms with Gasteiger partial charge in [0.2, 0.25) is 5.88 Å². The normalized spacial score (nSPS) is 24.0. The lowest BCUT2D eigenvalue weighted by Crippen LogP contribution is -2.39. The van der Waals surface area contributed by atoms with E-state index in [2.05, 4.69) is 37.1 Å². The van der Waals surface area contributed by atoms with E-state index in [1.807, 2.05) is 12.3 Å². The van der Waals surface area contributed by atoms with Gasteiger partial charge in [-0.15, -0.1) is 0 Å². The first-order chi connectivity index (χ1) is 9.00. The van der Waals surface area contributed by atoms with Crippen LogP contribution in [0.15, 0.2) is 18.3 Å². The van der Waals surface area contributed by atoms with E-state index in [0.29, 0.717) is 17.3 Å². The Morgan fingerprint density at radius 2 is 1.95 bits per heavy atom. The van der Waals surface area contributed by atoms with Crippen molar-refractivity contribution in [3.05, 3.63) is 18.3 Å². The lowest BCUT2D eigenvalue weighted by molar-refractivity contribution is 0.163. The summed E-state index contributed by atoms with van der Waals surface area (Å²) in [6, 6.07) is 4.53. The summed E-state index contributed by atoms with van der Waals surface area (Å²) in [5.41, 5.74) is 1.46. The highest BCUT2D eigenvalue weighted by Crippen LogP contribution is 2.39. The van der Waals surface area contributed by atoms with Gasteiger partial charge in [0.05, 0.1) is 19.0 Å². The highest BCUT2D eigenvalue weighted by molar-refractivity contribution is 5.43. The van der Waals surface area contributed by atoms with Crippen LogP contribution in [0, 0.1) is 11.3 Å². The fourth-order valence-corrected chi connectivity index (χ4v) is 3.14. The molecule has 3 nitrogen and oxygen atoms in total. The van der Waals surface area contributed by atoms with Crippen LogP contribution < -0.4 is 10.1 Å². The van der Waals surface area contributed by atoms with Crippen molar-refractivity contribution >= 4 is 5.69 Å². The van der Waals surface area contributed by atoms with Crippen molar-refractivity contribution in [1.82, 2.24) is 4.98 Å². The fourth-order valence-electron chi connectivity index (χ4n) is 3.14. The van der Waals surface area contributed by atoms with E-state index < -0.39 is 0 Å². The molecule has 1 aromatic heterocycles. The standard InChI is InChI=1S/C16H26N2O/c1-16(2,3)13-7-5-6-8-14(13)18-12-9-10-15(19-4)17-11-12/h9-11,13-14,18H,5-8H2,1-4H3. The van der Waals surface area contributed by atoms with E-state index in [0.717, 1.165) is 11.6 Å². The molecule has 0 saturated heterocycles. The van der Waals surface area contributed by atoms with Crippen molar-refractivity contribution in [2.75, 3.05) is 12.4 Å². The molecule has 1 saturated carbocycles. The molecule has 1 fully saturated rings. The third-order valence-corrected chi connectivity index (χ3v) is 4.18. The summed E-state index contributed by atoms with van der Waals surface area (Å²) in [6.45, 7) is 7.05. The molecule has 0 bridgehead atoms. The fraction of sp³-hybridized carbons (Fsp3) is 0.688. The first kappa shape index (κ1) is 14.2. The second-order valence-corrected chi connectivity index (χ2v) is 6.60. The number of hydrogen-bond acceptors (Lipinski definition) is 3. The number of pyridine rings is 1. The van der Waals surface area contributed by atoms with Crippen LogP contribution in [-0.2, 0) is 0 Å². The molecular weight excluding hydrogens is 236 g/mol. The third-order valence-electron chi connectivity index (χ3n) is 4.18. The van der Waals surface area contributed by atoms with E-state index in [4.69, 9.17) is 4.74 Å². The second kappa shape index (κ2) is 5.81. The molecule has 19 heavy (non-hydrogen) atoms. The van der Waals surface area contributed by atoms with E-state index in [1.165, 1.54) is 25.7 Å². The molecule has 106 valence electrons. The third kappa shape index (κ3) is 3.62. The number of rotatable bonds is 3. The second-order valence-electron chi connectivity index (χ2n) is 6.60. The lowest BCUT2D eigenvalue weighted by Gasteiger charge is -2.41. The molecule has 2 unspecified atom stereocenters. The molecule has 1 N–H and O–H groups in total. The van der Waals surface area contributed by atoms with Crippen LogP contribution in [0.1, 0.15) is 46.5 Å². The highest BCUT2D eigenvalue weighted by atomic mass is 16.5. The van der Waals surface area contributed by atoms with E-state index in [-0.39, 0.29) is 0 Å².